The molecule has 8 heteroatoms. The molecule has 1 atom stereocenters. The first-order valence-corrected chi connectivity index (χ1v) is 10.2. The van der Waals surface area contributed by atoms with E-state index >= 15 is 0 Å². The van der Waals surface area contributed by atoms with Gasteiger partial charge in [-0.3, -0.25) is 9.89 Å². The highest BCUT2D eigenvalue weighted by Crippen LogP contribution is 2.19. The van der Waals surface area contributed by atoms with Gasteiger partial charge in [0.2, 0.25) is 5.89 Å². The third-order valence-electron chi connectivity index (χ3n) is 5.82. The van der Waals surface area contributed by atoms with Crippen LogP contribution in [0.1, 0.15) is 36.6 Å². The summed E-state index contributed by atoms with van der Waals surface area (Å²) in [6.45, 7) is 10.8. The number of hydrogen-bond acceptors (Lipinski definition) is 5. The molecule has 0 bridgehead atoms. The number of piperidine rings is 1. The van der Waals surface area contributed by atoms with Crippen molar-refractivity contribution in [2.75, 3.05) is 53.5 Å². The lowest BCUT2D eigenvalue weighted by Crippen LogP contribution is -2.44. The molecular weight excluding hydrogens is 469 g/mol. The molecule has 3 rings (SSSR count). The van der Waals surface area contributed by atoms with Gasteiger partial charge in [0.1, 0.15) is 5.76 Å². The van der Waals surface area contributed by atoms with Gasteiger partial charge in [-0.05, 0) is 52.1 Å². The number of aromatic nitrogens is 1. The molecular formula is C20H36IN5O2. The van der Waals surface area contributed by atoms with E-state index in [2.05, 4.69) is 32.1 Å². The molecule has 0 saturated carbocycles. The van der Waals surface area contributed by atoms with Crippen molar-refractivity contribution in [3.63, 3.8) is 0 Å². The third-order valence-corrected chi connectivity index (χ3v) is 5.82. The number of nitrogens with one attached hydrogen (secondary N) is 1. The van der Waals surface area contributed by atoms with Gasteiger partial charge in [-0.2, -0.15) is 0 Å². The summed E-state index contributed by atoms with van der Waals surface area (Å²) in [5.41, 5.74) is 1.00. The number of aliphatic imine (C=N–C) groups is 1. The zero-order chi connectivity index (χ0) is 19.2. The molecule has 1 unspecified atom stereocenters. The number of guanidine groups is 1. The van der Waals surface area contributed by atoms with E-state index in [1.807, 2.05) is 20.9 Å². The Balaban J connectivity index is 0.00000280. The largest absolute Gasteiger partial charge is 0.444 e. The molecule has 2 saturated heterocycles. The van der Waals surface area contributed by atoms with Gasteiger partial charge < -0.3 is 19.4 Å². The molecule has 0 spiro atoms. The van der Waals surface area contributed by atoms with E-state index in [1.54, 1.807) is 0 Å². The van der Waals surface area contributed by atoms with Gasteiger partial charge in [0, 0.05) is 39.7 Å². The monoisotopic (exact) mass is 505 g/mol. The lowest BCUT2D eigenvalue weighted by Gasteiger charge is -2.32. The van der Waals surface area contributed by atoms with Gasteiger partial charge in [-0.1, -0.05) is 0 Å². The number of nitrogens with zero attached hydrogens (tertiary/aromatic N) is 4. The highest BCUT2D eigenvalue weighted by Gasteiger charge is 2.22. The standard InChI is InChI=1S/C20H35N5O2.HI/c1-15-16(2)27-19(23-15)13-25-8-5-17(6-9-25)11-22-20(21-3)24(4)12-18-7-10-26-14-18;/h17-18H,5-14H2,1-4H3,(H,21,22);1H. The van der Waals surface area contributed by atoms with Gasteiger partial charge in [-0.15, -0.1) is 24.0 Å². The second-order valence-electron chi connectivity index (χ2n) is 8.01. The van der Waals surface area contributed by atoms with E-state index in [9.17, 15) is 0 Å². The van der Waals surface area contributed by atoms with E-state index < -0.39 is 0 Å². The van der Waals surface area contributed by atoms with Crippen molar-refractivity contribution in [1.82, 2.24) is 20.1 Å². The summed E-state index contributed by atoms with van der Waals surface area (Å²) in [4.78, 5) is 13.6. The maximum Gasteiger partial charge on any atom is 0.208 e. The zero-order valence-electron chi connectivity index (χ0n) is 17.7. The molecule has 1 aromatic heterocycles. The van der Waals surface area contributed by atoms with Crippen molar-refractivity contribution >= 4 is 29.9 Å². The van der Waals surface area contributed by atoms with Crippen LogP contribution in [-0.4, -0.2) is 74.2 Å². The molecule has 2 aliphatic heterocycles. The minimum Gasteiger partial charge on any atom is -0.444 e. The van der Waals surface area contributed by atoms with Crippen LogP contribution in [0.5, 0.6) is 0 Å². The first-order chi connectivity index (χ1) is 13.0. The summed E-state index contributed by atoms with van der Waals surface area (Å²) in [5, 5.41) is 3.57. The number of hydrogen-bond donors (Lipinski definition) is 1. The van der Waals surface area contributed by atoms with Crippen LogP contribution in [-0.2, 0) is 11.3 Å². The Morgan fingerprint density at radius 1 is 1.25 bits per heavy atom. The van der Waals surface area contributed by atoms with Gasteiger partial charge in [-0.25, -0.2) is 4.98 Å². The van der Waals surface area contributed by atoms with Crippen LogP contribution in [0.4, 0.5) is 0 Å². The number of halogens is 1. The molecule has 0 aromatic carbocycles. The summed E-state index contributed by atoms with van der Waals surface area (Å²) < 4.78 is 11.2. The number of ether oxygens (including phenoxy) is 1. The average Bonchev–Trinajstić information content (AvgIpc) is 3.27. The van der Waals surface area contributed by atoms with Crippen LogP contribution >= 0.6 is 24.0 Å². The van der Waals surface area contributed by atoms with Crippen LogP contribution in [0.15, 0.2) is 9.41 Å². The van der Waals surface area contributed by atoms with Gasteiger partial charge in [0.05, 0.1) is 18.8 Å². The van der Waals surface area contributed by atoms with E-state index in [0.29, 0.717) is 11.8 Å². The highest BCUT2D eigenvalue weighted by atomic mass is 127. The lowest BCUT2D eigenvalue weighted by molar-refractivity contribution is 0.163. The average molecular weight is 505 g/mol. The van der Waals surface area contributed by atoms with Crippen LogP contribution in [0.25, 0.3) is 0 Å². The van der Waals surface area contributed by atoms with Crippen molar-refractivity contribution in [1.29, 1.82) is 0 Å². The van der Waals surface area contributed by atoms with Crippen molar-refractivity contribution < 1.29 is 9.15 Å². The second-order valence-corrected chi connectivity index (χ2v) is 8.01. The first-order valence-electron chi connectivity index (χ1n) is 10.2. The molecule has 1 aromatic rings. The van der Waals surface area contributed by atoms with Crippen molar-refractivity contribution in [2.24, 2.45) is 16.8 Å². The Morgan fingerprint density at radius 3 is 2.57 bits per heavy atom. The Kier molecular flexibility index (Phi) is 9.49. The Morgan fingerprint density at radius 2 is 2.00 bits per heavy atom. The molecule has 3 heterocycles. The maximum absolute atomic E-state index is 5.72. The summed E-state index contributed by atoms with van der Waals surface area (Å²) >= 11 is 0. The fraction of sp³-hybridized carbons (Fsp3) is 0.800. The fourth-order valence-electron chi connectivity index (χ4n) is 3.97. The summed E-state index contributed by atoms with van der Waals surface area (Å²) in [7, 11) is 3.99. The smallest absolute Gasteiger partial charge is 0.208 e. The third kappa shape index (κ3) is 6.59. The molecule has 160 valence electrons. The minimum absolute atomic E-state index is 0. The number of aryl methyl sites for hydroxylation is 2. The predicted molar refractivity (Wildman–Crippen MR) is 122 cm³/mol. The Bertz CT molecular complexity index is 603. The molecule has 0 amide bonds. The summed E-state index contributed by atoms with van der Waals surface area (Å²) in [6, 6.07) is 0. The lowest BCUT2D eigenvalue weighted by atomic mass is 9.97. The summed E-state index contributed by atoms with van der Waals surface area (Å²) in [6.07, 6.45) is 3.55. The van der Waals surface area contributed by atoms with E-state index in [-0.39, 0.29) is 24.0 Å². The van der Waals surface area contributed by atoms with Crippen LogP contribution in [0.3, 0.4) is 0 Å². The van der Waals surface area contributed by atoms with Crippen LogP contribution in [0, 0.1) is 25.7 Å². The quantitative estimate of drug-likeness (QED) is 0.365. The van der Waals surface area contributed by atoms with Gasteiger partial charge in [0.15, 0.2) is 5.96 Å². The number of oxazole rings is 1. The topological polar surface area (TPSA) is 66.1 Å². The van der Waals surface area contributed by atoms with E-state index in [1.165, 1.54) is 12.8 Å². The zero-order valence-corrected chi connectivity index (χ0v) is 20.1. The molecule has 2 aliphatic rings. The molecule has 28 heavy (non-hydrogen) atoms. The van der Waals surface area contributed by atoms with Crippen molar-refractivity contribution in [3.05, 3.63) is 17.3 Å². The molecule has 0 radical (unpaired) electrons. The van der Waals surface area contributed by atoms with Gasteiger partial charge >= 0.3 is 0 Å². The maximum atomic E-state index is 5.72. The van der Waals surface area contributed by atoms with E-state index in [4.69, 9.17) is 9.15 Å². The highest BCUT2D eigenvalue weighted by molar-refractivity contribution is 14.0. The fourth-order valence-corrected chi connectivity index (χ4v) is 3.97. The van der Waals surface area contributed by atoms with Crippen molar-refractivity contribution in [2.45, 2.75) is 39.7 Å². The second kappa shape index (κ2) is 11.3. The van der Waals surface area contributed by atoms with Crippen LogP contribution in [0.2, 0.25) is 0 Å². The molecule has 2 fully saturated rings. The normalized spacial score (nSPS) is 21.6. The molecule has 1 N–H and O–H groups in total. The van der Waals surface area contributed by atoms with Gasteiger partial charge in [0.25, 0.3) is 0 Å². The molecule has 0 aliphatic carbocycles. The van der Waals surface area contributed by atoms with Crippen LogP contribution < -0.4 is 5.32 Å². The number of rotatable bonds is 6. The van der Waals surface area contributed by atoms with E-state index in [0.717, 1.165) is 75.7 Å². The number of likely N-dealkylation sites (tertiary alicyclic amines) is 1. The summed E-state index contributed by atoms with van der Waals surface area (Å²) in [5.74, 6) is 4.09. The molecule has 7 nitrogen and oxygen atoms in total. The minimum atomic E-state index is 0. The predicted octanol–water partition coefficient (Wildman–Crippen LogP) is 2.67. The first kappa shape index (κ1) is 23.4. The Hall–Kier alpha value is -0.870. The Labute approximate surface area is 186 Å². The van der Waals surface area contributed by atoms with Crippen molar-refractivity contribution in [3.8, 4) is 0 Å². The SMILES string of the molecule is CN=C(NCC1CCN(Cc2nc(C)c(C)o2)CC1)N(C)CC1CCOC1.I.